The van der Waals surface area contributed by atoms with Crippen molar-refractivity contribution in [2.24, 2.45) is 0 Å². The van der Waals surface area contributed by atoms with Crippen LogP contribution in [0.2, 0.25) is 0 Å². The maximum Gasteiger partial charge on any atom is 0.240 e. The van der Waals surface area contributed by atoms with E-state index >= 15 is 0 Å². The largest absolute Gasteiger partial charge is 0.391 e. The van der Waals surface area contributed by atoms with Gasteiger partial charge in [0, 0.05) is 26.1 Å². The van der Waals surface area contributed by atoms with Crippen LogP contribution in [0, 0.1) is 0 Å². The Morgan fingerprint density at radius 2 is 2.47 bits per heavy atom. The number of nitrogens with zero attached hydrogens (tertiary/aromatic N) is 2. The van der Waals surface area contributed by atoms with Crippen molar-refractivity contribution in [3.8, 4) is 0 Å². The molecule has 1 unspecified atom stereocenters. The lowest BCUT2D eigenvalue weighted by molar-refractivity contribution is -0.133. The Morgan fingerprint density at radius 3 is 3.24 bits per heavy atom. The number of rotatable bonds is 1. The molecule has 0 aromatic carbocycles. The summed E-state index contributed by atoms with van der Waals surface area (Å²) in [7, 11) is 0. The third-order valence-corrected chi connectivity index (χ3v) is 3.50. The standard InChI is InChI=1S/C11H16N4O2/c16-7-1-2-15(5-7)11(17)9-3-8-10(4-12-9)14-6-13-8/h6-7,9,12,16H,1-5H2,(H,13,14)/t7-,9?/m1/s1. The van der Waals surface area contributed by atoms with Crippen LogP contribution in [-0.4, -0.2) is 51.1 Å². The van der Waals surface area contributed by atoms with Gasteiger partial charge in [0.25, 0.3) is 0 Å². The number of carbonyl (C=O) groups excluding carboxylic acids is 1. The van der Waals surface area contributed by atoms with Crippen molar-refractivity contribution in [3.63, 3.8) is 0 Å². The molecule has 2 aliphatic rings. The van der Waals surface area contributed by atoms with Crippen molar-refractivity contribution >= 4 is 5.91 Å². The van der Waals surface area contributed by atoms with Gasteiger partial charge >= 0.3 is 0 Å². The summed E-state index contributed by atoms with van der Waals surface area (Å²) in [4.78, 5) is 21.2. The van der Waals surface area contributed by atoms with E-state index in [2.05, 4.69) is 15.3 Å². The predicted molar refractivity (Wildman–Crippen MR) is 60.1 cm³/mol. The second-order valence-corrected chi connectivity index (χ2v) is 4.69. The van der Waals surface area contributed by atoms with Crippen LogP contribution in [0.5, 0.6) is 0 Å². The van der Waals surface area contributed by atoms with Crippen LogP contribution in [0.15, 0.2) is 6.33 Å². The molecule has 92 valence electrons. The number of amides is 1. The summed E-state index contributed by atoms with van der Waals surface area (Å²) in [5.74, 6) is 0.0789. The Balaban J connectivity index is 1.68. The lowest BCUT2D eigenvalue weighted by atomic mass is 10.0. The van der Waals surface area contributed by atoms with Gasteiger partial charge in [0.15, 0.2) is 0 Å². The summed E-state index contributed by atoms with van der Waals surface area (Å²) in [6.45, 7) is 1.78. The lowest BCUT2D eigenvalue weighted by Gasteiger charge is -2.26. The molecule has 1 aromatic rings. The van der Waals surface area contributed by atoms with Crippen LogP contribution < -0.4 is 5.32 Å². The van der Waals surface area contributed by atoms with E-state index in [-0.39, 0.29) is 18.1 Å². The zero-order valence-electron chi connectivity index (χ0n) is 9.52. The fourth-order valence-electron chi connectivity index (χ4n) is 2.51. The molecule has 1 saturated heterocycles. The number of imidazole rings is 1. The normalized spacial score (nSPS) is 28.2. The number of nitrogens with one attached hydrogen (secondary N) is 2. The minimum atomic E-state index is -0.358. The maximum atomic E-state index is 12.2. The van der Waals surface area contributed by atoms with Crippen LogP contribution in [0.3, 0.4) is 0 Å². The number of aliphatic hydroxyl groups is 1. The summed E-state index contributed by atoms with van der Waals surface area (Å²) >= 11 is 0. The zero-order chi connectivity index (χ0) is 11.8. The van der Waals surface area contributed by atoms with E-state index in [4.69, 9.17) is 0 Å². The van der Waals surface area contributed by atoms with Crippen molar-refractivity contribution in [3.05, 3.63) is 17.7 Å². The van der Waals surface area contributed by atoms with Crippen LogP contribution in [-0.2, 0) is 17.8 Å². The number of aromatic amines is 1. The van der Waals surface area contributed by atoms with E-state index in [1.807, 2.05) is 0 Å². The van der Waals surface area contributed by atoms with Gasteiger partial charge in [-0.2, -0.15) is 0 Å². The summed E-state index contributed by atoms with van der Waals surface area (Å²) in [6.07, 6.45) is 2.62. The number of hydrogen-bond acceptors (Lipinski definition) is 4. The molecule has 6 heteroatoms. The van der Waals surface area contributed by atoms with Gasteiger partial charge in [0.2, 0.25) is 5.91 Å². The minimum Gasteiger partial charge on any atom is -0.391 e. The Bertz CT molecular complexity index is 431. The first-order valence-electron chi connectivity index (χ1n) is 5.95. The number of likely N-dealkylation sites (tertiary alicyclic amines) is 1. The molecule has 2 aliphatic heterocycles. The topological polar surface area (TPSA) is 81.2 Å². The van der Waals surface area contributed by atoms with Gasteiger partial charge in [-0.25, -0.2) is 4.98 Å². The van der Waals surface area contributed by atoms with Gasteiger partial charge in [-0.15, -0.1) is 0 Å². The van der Waals surface area contributed by atoms with Gasteiger partial charge in [-0.1, -0.05) is 0 Å². The highest BCUT2D eigenvalue weighted by Gasteiger charge is 2.32. The van der Waals surface area contributed by atoms with Crippen molar-refractivity contribution in [2.75, 3.05) is 13.1 Å². The molecule has 17 heavy (non-hydrogen) atoms. The third kappa shape index (κ3) is 1.94. The number of hydrogen-bond donors (Lipinski definition) is 3. The molecule has 6 nitrogen and oxygen atoms in total. The number of carbonyl (C=O) groups is 1. The molecule has 1 aromatic heterocycles. The highest BCUT2D eigenvalue weighted by molar-refractivity contribution is 5.82. The first-order valence-corrected chi connectivity index (χ1v) is 5.95. The maximum absolute atomic E-state index is 12.2. The Kier molecular flexibility index (Phi) is 2.60. The fraction of sp³-hybridized carbons (Fsp3) is 0.636. The number of aliphatic hydroxyl groups excluding tert-OH is 1. The highest BCUT2D eigenvalue weighted by atomic mass is 16.3. The Morgan fingerprint density at radius 1 is 1.59 bits per heavy atom. The molecule has 0 saturated carbocycles. The molecule has 3 rings (SSSR count). The van der Waals surface area contributed by atoms with E-state index in [1.54, 1.807) is 11.2 Å². The quantitative estimate of drug-likeness (QED) is 0.585. The van der Waals surface area contributed by atoms with Crippen molar-refractivity contribution in [2.45, 2.75) is 31.5 Å². The molecule has 0 aliphatic carbocycles. The fourth-order valence-corrected chi connectivity index (χ4v) is 2.51. The SMILES string of the molecule is O=C(C1Cc2nc[nH]c2CN1)N1CC[C@@H](O)C1. The monoisotopic (exact) mass is 236 g/mol. The van der Waals surface area contributed by atoms with Gasteiger partial charge < -0.3 is 15.0 Å². The molecule has 2 atom stereocenters. The predicted octanol–water partition coefficient (Wildman–Crippen LogP) is -0.983. The molecule has 0 bridgehead atoms. The van der Waals surface area contributed by atoms with Crippen molar-refractivity contribution in [1.82, 2.24) is 20.2 Å². The number of aromatic nitrogens is 2. The number of H-pyrrole nitrogens is 1. The van der Waals surface area contributed by atoms with Gasteiger partial charge in [0.1, 0.15) is 0 Å². The molecule has 3 N–H and O–H groups in total. The van der Waals surface area contributed by atoms with E-state index in [1.165, 1.54) is 0 Å². The van der Waals surface area contributed by atoms with E-state index in [9.17, 15) is 9.90 Å². The Hall–Kier alpha value is -1.40. The van der Waals surface area contributed by atoms with E-state index < -0.39 is 0 Å². The molecular formula is C11H16N4O2. The second kappa shape index (κ2) is 4.12. The van der Waals surface area contributed by atoms with Crippen LogP contribution in [0.25, 0.3) is 0 Å². The minimum absolute atomic E-state index is 0.0789. The molecule has 1 fully saturated rings. The van der Waals surface area contributed by atoms with Gasteiger partial charge in [0.05, 0.1) is 29.9 Å². The van der Waals surface area contributed by atoms with E-state index in [0.29, 0.717) is 32.5 Å². The van der Waals surface area contributed by atoms with Gasteiger partial charge in [-0.3, -0.25) is 10.1 Å². The smallest absolute Gasteiger partial charge is 0.240 e. The summed E-state index contributed by atoms with van der Waals surface area (Å²) in [5.41, 5.74) is 2.04. The van der Waals surface area contributed by atoms with Gasteiger partial charge in [-0.05, 0) is 6.42 Å². The first kappa shape index (κ1) is 10.7. The number of β-amino-alcohol motifs (C(OH)–C–C–N with tert-alkyl or cyclic N) is 1. The van der Waals surface area contributed by atoms with Crippen LogP contribution in [0.4, 0.5) is 0 Å². The lowest BCUT2D eigenvalue weighted by Crippen LogP contribution is -2.49. The average Bonchev–Trinajstić information content (AvgIpc) is 2.95. The third-order valence-electron chi connectivity index (χ3n) is 3.50. The summed E-state index contributed by atoms with van der Waals surface area (Å²) < 4.78 is 0. The Labute approximate surface area is 99.0 Å². The van der Waals surface area contributed by atoms with E-state index in [0.717, 1.165) is 11.4 Å². The number of fused-ring (bicyclic) bond motifs is 1. The molecule has 0 radical (unpaired) electrons. The van der Waals surface area contributed by atoms with Crippen LogP contribution >= 0.6 is 0 Å². The summed E-state index contributed by atoms with van der Waals surface area (Å²) in [6, 6.07) is -0.198. The van der Waals surface area contributed by atoms with Crippen molar-refractivity contribution in [1.29, 1.82) is 0 Å². The van der Waals surface area contributed by atoms with Crippen molar-refractivity contribution < 1.29 is 9.90 Å². The molecular weight excluding hydrogens is 220 g/mol. The molecule has 0 spiro atoms. The average molecular weight is 236 g/mol. The highest BCUT2D eigenvalue weighted by Crippen LogP contribution is 2.16. The summed E-state index contributed by atoms with van der Waals surface area (Å²) in [5, 5.41) is 12.6. The second-order valence-electron chi connectivity index (χ2n) is 4.69. The molecule has 1 amide bonds. The van der Waals surface area contributed by atoms with Crippen LogP contribution in [0.1, 0.15) is 17.8 Å². The molecule has 3 heterocycles. The zero-order valence-corrected chi connectivity index (χ0v) is 9.52. The first-order chi connectivity index (χ1) is 8.24.